The molecule has 0 bridgehead atoms. The fourth-order valence-corrected chi connectivity index (χ4v) is 2.87. The molecule has 0 radical (unpaired) electrons. The van der Waals surface area contributed by atoms with Crippen molar-refractivity contribution in [3.8, 4) is 0 Å². The van der Waals surface area contributed by atoms with Gasteiger partial charge in [0.2, 0.25) is 0 Å². The van der Waals surface area contributed by atoms with Crippen molar-refractivity contribution in [2.75, 3.05) is 7.11 Å². The highest BCUT2D eigenvalue weighted by molar-refractivity contribution is 5.77. The van der Waals surface area contributed by atoms with Crippen LogP contribution in [0.2, 0.25) is 0 Å². The molecule has 1 rings (SSSR count). The summed E-state index contributed by atoms with van der Waals surface area (Å²) in [6, 6.07) is 0. The third kappa shape index (κ3) is 4.89. The molecule has 1 saturated heterocycles. The molecule has 1 aliphatic heterocycles. The highest BCUT2D eigenvalue weighted by Gasteiger charge is 2.50. The Labute approximate surface area is 130 Å². The molecule has 0 spiro atoms. The Morgan fingerprint density at radius 2 is 1.30 bits per heavy atom. The first-order chi connectivity index (χ1) is 10.7. The summed E-state index contributed by atoms with van der Waals surface area (Å²) in [6.07, 6.45) is -5.06. The van der Waals surface area contributed by atoms with Gasteiger partial charge in [-0.1, -0.05) is 0 Å². The Balaban J connectivity index is 3.21. The van der Waals surface area contributed by atoms with E-state index >= 15 is 0 Å². The summed E-state index contributed by atoms with van der Waals surface area (Å²) in [5.41, 5.74) is 0. The second-order valence-corrected chi connectivity index (χ2v) is 5.26. The lowest BCUT2D eigenvalue weighted by atomic mass is 9.71. The van der Waals surface area contributed by atoms with E-state index in [-0.39, 0.29) is 0 Å². The minimum absolute atomic E-state index is 0.607. The van der Waals surface area contributed by atoms with Crippen molar-refractivity contribution in [3.63, 3.8) is 0 Å². The summed E-state index contributed by atoms with van der Waals surface area (Å²) in [6.45, 7) is 0. The molecule has 5 atom stereocenters. The standard InChI is InChI=1S/C13H18O10/c1-22-13(21)11-6(3-9(16)17)5(2-8(14)15)7(4-10(18)19)12(20)23-11/h5-7,11-12,20H,2-4H2,1H3,(H,14,15)(H,16,17)(H,18,19)/t5-,6-,7+,11-,12?/m0/s1. The Morgan fingerprint density at radius 3 is 1.74 bits per heavy atom. The lowest BCUT2D eigenvalue weighted by molar-refractivity contribution is -0.243. The second kappa shape index (κ2) is 7.88. The van der Waals surface area contributed by atoms with E-state index < -0.39 is 73.3 Å². The fraction of sp³-hybridized carbons (Fsp3) is 0.692. The number of carbonyl (C=O) groups is 4. The number of carboxylic acid groups (broad SMARTS) is 3. The SMILES string of the molecule is COC(=O)[C@H]1OC(O)[C@H](CC(=O)O)[C@@H](CC(=O)O)[C@@H]1CC(=O)O. The van der Waals surface area contributed by atoms with E-state index in [0.29, 0.717) is 0 Å². The van der Waals surface area contributed by atoms with Gasteiger partial charge in [0.05, 0.1) is 20.0 Å². The molecule has 0 saturated carbocycles. The van der Waals surface area contributed by atoms with E-state index in [1.54, 1.807) is 0 Å². The topological polar surface area (TPSA) is 168 Å². The van der Waals surface area contributed by atoms with Gasteiger partial charge < -0.3 is 29.9 Å². The molecular formula is C13H18O10. The quantitative estimate of drug-likeness (QED) is 0.430. The van der Waals surface area contributed by atoms with Gasteiger partial charge in [0.1, 0.15) is 0 Å². The van der Waals surface area contributed by atoms with Gasteiger partial charge in [-0.15, -0.1) is 0 Å². The molecule has 0 aromatic heterocycles. The monoisotopic (exact) mass is 334 g/mol. The van der Waals surface area contributed by atoms with Crippen LogP contribution in [0.4, 0.5) is 0 Å². The minimum atomic E-state index is -1.72. The Bertz CT molecular complexity index is 487. The van der Waals surface area contributed by atoms with Crippen LogP contribution in [-0.2, 0) is 28.7 Å². The van der Waals surface area contributed by atoms with Crippen molar-refractivity contribution in [2.45, 2.75) is 31.7 Å². The van der Waals surface area contributed by atoms with Crippen molar-refractivity contribution in [3.05, 3.63) is 0 Å². The number of rotatable bonds is 7. The van der Waals surface area contributed by atoms with Crippen molar-refractivity contribution in [1.29, 1.82) is 0 Å². The maximum absolute atomic E-state index is 11.7. The van der Waals surface area contributed by atoms with Crippen LogP contribution >= 0.6 is 0 Å². The summed E-state index contributed by atoms with van der Waals surface area (Å²) in [7, 11) is 1.03. The van der Waals surface area contributed by atoms with Gasteiger partial charge in [0.15, 0.2) is 12.4 Å². The number of hydrogen-bond acceptors (Lipinski definition) is 7. The summed E-state index contributed by atoms with van der Waals surface area (Å²) in [4.78, 5) is 44.8. The van der Waals surface area contributed by atoms with Crippen LogP contribution < -0.4 is 0 Å². The molecule has 0 aromatic carbocycles. The zero-order chi connectivity index (χ0) is 17.7. The molecule has 0 aliphatic carbocycles. The highest BCUT2D eigenvalue weighted by atomic mass is 16.6. The zero-order valence-corrected chi connectivity index (χ0v) is 12.2. The first-order valence-electron chi connectivity index (χ1n) is 6.74. The molecule has 10 nitrogen and oxygen atoms in total. The van der Waals surface area contributed by atoms with E-state index in [1.807, 2.05) is 0 Å². The van der Waals surface area contributed by atoms with E-state index in [0.717, 1.165) is 7.11 Å². The van der Waals surface area contributed by atoms with Gasteiger partial charge in [-0.2, -0.15) is 0 Å². The normalized spacial score (nSPS) is 30.4. The number of esters is 1. The first kappa shape index (κ1) is 18.8. The van der Waals surface area contributed by atoms with Crippen molar-refractivity contribution in [2.24, 2.45) is 17.8 Å². The largest absolute Gasteiger partial charge is 0.481 e. The summed E-state index contributed by atoms with van der Waals surface area (Å²) in [5, 5.41) is 36.8. The van der Waals surface area contributed by atoms with Crippen LogP contribution in [0.15, 0.2) is 0 Å². The van der Waals surface area contributed by atoms with Crippen molar-refractivity contribution in [1.82, 2.24) is 0 Å². The molecule has 0 amide bonds. The van der Waals surface area contributed by atoms with Gasteiger partial charge >= 0.3 is 23.9 Å². The average molecular weight is 334 g/mol. The third-order valence-electron chi connectivity index (χ3n) is 3.81. The number of aliphatic hydroxyl groups is 1. The summed E-state index contributed by atoms with van der Waals surface area (Å²) in [5.74, 6) is -8.25. The molecule has 1 fully saturated rings. The molecule has 1 unspecified atom stereocenters. The zero-order valence-electron chi connectivity index (χ0n) is 12.2. The van der Waals surface area contributed by atoms with Crippen LogP contribution in [0.25, 0.3) is 0 Å². The van der Waals surface area contributed by atoms with Gasteiger partial charge in [0, 0.05) is 18.3 Å². The highest BCUT2D eigenvalue weighted by Crippen LogP contribution is 2.41. The number of ether oxygens (including phenoxy) is 2. The predicted octanol–water partition coefficient (Wildman–Crippen LogP) is -0.851. The van der Waals surface area contributed by atoms with Gasteiger partial charge in [-0.25, -0.2) is 4.79 Å². The maximum Gasteiger partial charge on any atom is 0.335 e. The number of carbonyl (C=O) groups excluding carboxylic acids is 1. The second-order valence-electron chi connectivity index (χ2n) is 5.26. The maximum atomic E-state index is 11.7. The molecule has 1 aliphatic rings. The molecule has 10 heteroatoms. The molecule has 130 valence electrons. The number of carboxylic acids is 3. The number of hydrogen-bond donors (Lipinski definition) is 4. The predicted molar refractivity (Wildman–Crippen MR) is 70.1 cm³/mol. The Hall–Kier alpha value is -2.20. The van der Waals surface area contributed by atoms with Gasteiger partial charge in [-0.3, -0.25) is 14.4 Å². The van der Waals surface area contributed by atoms with Crippen LogP contribution in [0.5, 0.6) is 0 Å². The smallest absolute Gasteiger partial charge is 0.335 e. The van der Waals surface area contributed by atoms with Crippen molar-refractivity contribution < 1.29 is 49.1 Å². The molecular weight excluding hydrogens is 316 g/mol. The number of aliphatic carboxylic acids is 3. The Morgan fingerprint density at radius 1 is 0.870 bits per heavy atom. The van der Waals surface area contributed by atoms with E-state index in [9.17, 15) is 24.3 Å². The fourth-order valence-electron chi connectivity index (χ4n) is 2.87. The number of aliphatic hydroxyl groups excluding tert-OH is 1. The van der Waals surface area contributed by atoms with Crippen LogP contribution in [0.3, 0.4) is 0 Å². The summed E-state index contributed by atoms with van der Waals surface area (Å²) >= 11 is 0. The minimum Gasteiger partial charge on any atom is -0.481 e. The first-order valence-corrected chi connectivity index (χ1v) is 6.74. The average Bonchev–Trinajstić information content (AvgIpc) is 2.43. The lowest BCUT2D eigenvalue weighted by Gasteiger charge is -2.43. The van der Waals surface area contributed by atoms with Crippen molar-refractivity contribution >= 4 is 23.9 Å². The van der Waals surface area contributed by atoms with Crippen LogP contribution in [-0.4, -0.2) is 63.8 Å². The van der Waals surface area contributed by atoms with Crippen LogP contribution in [0.1, 0.15) is 19.3 Å². The third-order valence-corrected chi connectivity index (χ3v) is 3.81. The van der Waals surface area contributed by atoms with Gasteiger partial charge in [-0.05, 0) is 5.92 Å². The van der Waals surface area contributed by atoms with E-state index in [2.05, 4.69) is 4.74 Å². The molecule has 0 aromatic rings. The lowest BCUT2D eigenvalue weighted by Crippen LogP contribution is -2.52. The Kier molecular flexibility index (Phi) is 6.46. The van der Waals surface area contributed by atoms with Crippen LogP contribution in [0, 0.1) is 17.8 Å². The summed E-state index contributed by atoms with van der Waals surface area (Å²) < 4.78 is 9.53. The molecule has 23 heavy (non-hydrogen) atoms. The molecule has 4 N–H and O–H groups in total. The van der Waals surface area contributed by atoms with E-state index in [4.69, 9.17) is 20.1 Å². The van der Waals surface area contributed by atoms with Gasteiger partial charge in [0.25, 0.3) is 0 Å². The van der Waals surface area contributed by atoms with E-state index in [1.165, 1.54) is 0 Å². The number of methoxy groups -OCH3 is 1. The molecule has 1 heterocycles.